The standard InChI is InChI=1S/C27H33N3O3/c1-27(2,3)33-26(31)30-16-13-23(14-17-30)32-22-9-6-19(7-10-22)20-8-11-24-21(18-20)12-15-28-25(24)29(4)5/h6-12,15,18,23H,13-14,16-17H2,1-5H3. The second kappa shape index (κ2) is 9.30. The number of hydrogen-bond donors (Lipinski definition) is 0. The first-order chi connectivity index (χ1) is 15.7. The summed E-state index contributed by atoms with van der Waals surface area (Å²) in [6.07, 6.45) is 3.32. The van der Waals surface area contributed by atoms with Crippen LogP contribution in [0.3, 0.4) is 0 Å². The Morgan fingerprint density at radius 2 is 1.67 bits per heavy atom. The van der Waals surface area contributed by atoms with Crippen molar-refractivity contribution in [3.05, 3.63) is 54.7 Å². The largest absolute Gasteiger partial charge is 0.490 e. The molecule has 1 aromatic heterocycles. The van der Waals surface area contributed by atoms with Gasteiger partial charge in [-0.3, -0.25) is 0 Å². The van der Waals surface area contributed by atoms with Gasteiger partial charge in [-0.15, -0.1) is 0 Å². The summed E-state index contributed by atoms with van der Waals surface area (Å²) in [5.41, 5.74) is 1.84. The molecule has 1 saturated heterocycles. The molecule has 6 nitrogen and oxygen atoms in total. The van der Waals surface area contributed by atoms with Gasteiger partial charge in [-0.05, 0) is 61.5 Å². The monoisotopic (exact) mass is 447 g/mol. The fourth-order valence-corrected chi connectivity index (χ4v) is 4.10. The number of carbonyl (C=O) groups excluding carboxylic acids is 1. The molecule has 1 aliphatic rings. The van der Waals surface area contributed by atoms with Crippen LogP contribution < -0.4 is 9.64 Å². The molecular formula is C27H33N3O3. The zero-order valence-corrected chi connectivity index (χ0v) is 20.2. The maximum atomic E-state index is 12.2. The Morgan fingerprint density at radius 1 is 1.00 bits per heavy atom. The van der Waals surface area contributed by atoms with E-state index in [1.165, 1.54) is 5.39 Å². The zero-order chi connectivity index (χ0) is 23.6. The van der Waals surface area contributed by atoms with Gasteiger partial charge in [-0.25, -0.2) is 9.78 Å². The molecular weight excluding hydrogens is 414 g/mol. The van der Waals surface area contributed by atoms with Crippen LogP contribution in [-0.2, 0) is 4.74 Å². The molecule has 0 N–H and O–H groups in total. The van der Waals surface area contributed by atoms with Gasteiger partial charge in [0.2, 0.25) is 0 Å². The Balaban J connectivity index is 1.38. The molecule has 0 radical (unpaired) electrons. The summed E-state index contributed by atoms with van der Waals surface area (Å²) >= 11 is 0. The van der Waals surface area contributed by atoms with Crippen molar-refractivity contribution in [2.45, 2.75) is 45.3 Å². The number of anilines is 1. The first-order valence-electron chi connectivity index (χ1n) is 11.5. The predicted octanol–water partition coefficient (Wildman–Crippen LogP) is 5.75. The van der Waals surface area contributed by atoms with E-state index < -0.39 is 5.60 Å². The van der Waals surface area contributed by atoms with Crippen LogP contribution in [0, 0.1) is 0 Å². The minimum atomic E-state index is -0.469. The summed E-state index contributed by atoms with van der Waals surface area (Å²) in [5.74, 6) is 1.83. The van der Waals surface area contributed by atoms with E-state index in [4.69, 9.17) is 9.47 Å². The fourth-order valence-electron chi connectivity index (χ4n) is 4.10. The number of nitrogens with zero attached hydrogens (tertiary/aromatic N) is 3. The number of pyridine rings is 1. The molecule has 0 bridgehead atoms. The van der Waals surface area contributed by atoms with Crippen LogP contribution >= 0.6 is 0 Å². The number of aromatic nitrogens is 1. The van der Waals surface area contributed by atoms with Crippen LogP contribution in [0.4, 0.5) is 10.6 Å². The second-order valence-electron chi connectivity index (χ2n) is 9.77. The Morgan fingerprint density at radius 3 is 2.30 bits per heavy atom. The van der Waals surface area contributed by atoms with E-state index in [1.807, 2.05) is 64.2 Å². The van der Waals surface area contributed by atoms with E-state index >= 15 is 0 Å². The highest BCUT2D eigenvalue weighted by Gasteiger charge is 2.27. The van der Waals surface area contributed by atoms with E-state index in [2.05, 4.69) is 35.3 Å². The molecule has 3 aromatic rings. The maximum absolute atomic E-state index is 12.2. The third-order valence-corrected chi connectivity index (χ3v) is 5.75. The summed E-state index contributed by atoms with van der Waals surface area (Å²) in [6, 6.07) is 16.8. The Kier molecular flexibility index (Phi) is 6.45. The molecule has 1 aliphatic heterocycles. The van der Waals surface area contributed by atoms with E-state index in [-0.39, 0.29) is 12.2 Å². The Hall–Kier alpha value is -3.28. The van der Waals surface area contributed by atoms with Crippen LogP contribution in [0.2, 0.25) is 0 Å². The highest BCUT2D eigenvalue weighted by molar-refractivity contribution is 5.94. The molecule has 1 fully saturated rings. The van der Waals surface area contributed by atoms with Gasteiger partial charge >= 0.3 is 6.09 Å². The molecule has 33 heavy (non-hydrogen) atoms. The number of piperidine rings is 1. The van der Waals surface area contributed by atoms with Crippen molar-refractivity contribution in [1.82, 2.24) is 9.88 Å². The van der Waals surface area contributed by atoms with Gasteiger partial charge in [-0.2, -0.15) is 0 Å². The fraction of sp³-hybridized carbons (Fsp3) is 0.407. The number of carbonyl (C=O) groups is 1. The van der Waals surface area contributed by atoms with Crippen molar-refractivity contribution < 1.29 is 14.3 Å². The molecule has 6 heteroatoms. The van der Waals surface area contributed by atoms with Crippen LogP contribution in [-0.4, -0.2) is 54.9 Å². The average molecular weight is 448 g/mol. The maximum Gasteiger partial charge on any atom is 0.410 e. The number of amides is 1. The minimum Gasteiger partial charge on any atom is -0.490 e. The molecule has 0 saturated carbocycles. The van der Waals surface area contributed by atoms with Gasteiger partial charge in [0.05, 0.1) is 0 Å². The lowest BCUT2D eigenvalue weighted by atomic mass is 10.0. The van der Waals surface area contributed by atoms with Crippen LogP contribution in [0.25, 0.3) is 21.9 Å². The predicted molar refractivity (Wildman–Crippen MR) is 133 cm³/mol. The van der Waals surface area contributed by atoms with Gasteiger partial charge in [0, 0.05) is 51.6 Å². The summed E-state index contributed by atoms with van der Waals surface area (Å²) < 4.78 is 11.7. The van der Waals surface area contributed by atoms with Gasteiger partial charge < -0.3 is 19.3 Å². The van der Waals surface area contributed by atoms with E-state index in [1.54, 1.807) is 4.90 Å². The topological polar surface area (TPSA) is 54.9 Å². The lowest BCUT2D eigenvalue weighted by Gasteiger charge is -2.33. The lowest BCUT2D eigenvalue weighted by molar-refractivity contribution is 0.0126. The van der Waals surface area contributed by atoms with Gasteiger partial charge in [0.25, 0.3) is 0 Å². The molecule has 0 aliphatic carbocycles. The number of benzene rings is 2. The average Bonchev–Trinajstić information content (AvgIpc) is 2.78. The van der Waals surface area contributed by atoms with Crippen molar-refractivity contribution in [2.24, 2.45) is 0 Å². The Bertz CT molecular complexity index is 1110. The molecule has 174 valence electrons. The van der Waals surface area contributed by atoms with Crippen molar-refractivity contribution in [3.8, 4) is 16.9 Å². The summed E-state index contributed by atoms with van der Waals surface area (Å²) in [5, 5.41) is 2.31. The molecule has 0 unspecified atom stereocenters. The van der Waals surface area contributed by atoms with Gasteiger partial charge in [0.15, 0.2) is 0 Å². The highest BCUT2D eigenvalue weighted by atomic mass is 16.6. The van der Waals surface area contributed by atoms with Crippen molar-refractivity contribution >= 4 is 22.7 Å². The number of rotatable bonds is 4. The SMILES string of the molecule is CN(C)c1nccc2cc(-c3ccc(OC4CCN(C(=O)OC(C)(C)C)CC4)cc3)ccc12. The number of hydrogen-bond acceptors (Lipinski definition) is 5. The van der Waals surface area contributed by atoms with Crippen molar-refractivity contribution in [2.75, 3.05) is 32.1 Å². The molecule has 2 heterocycles. The number of ether oxygens (including phenoxy) is 2. The molecule has 0 atom stereocenters. The quantitative estimate of drug-likeness (QED) is 0.510. The smallest absolute Gasteiger partial charge is 0.410 e. The lowest BCUT2D eigenvalue weighted by Crippen LogP contribution is -2.44. The first kappa shape index (κ1) is 22.9. The van der Waals surface area contributed by atoms with Gasteiger partial charge in [-0.1, -0.05) is 24.3 Å². The summed E-state index contributed by atoms with van der Waals surface area (Å²) in [4.78, 5) is 20.5. The van der Waals surface area contributed by atoms with E-state index in [0.29, 0.717) is 13.1 Å². The van der Waals surface area contributed by atoms with Crippen LogP contribution in [0.5, 0.6) is 5.75 Å². The molecule has 4 rings (SSSR count). The minimum absolute atomic E-state index is 0.104. The molecule has 0 spiro atoms. The second-order valence-corrected chi connectivity index (χ2v) is 9.77. The van der Waals surface area contributed by atoms with E-state index in [0.717, 1.165) is 40.9 Å². The number of likely N-dealkylation sites (tertiary alicyclic amines) is 1. The van der Waals surface area contributed by atoms with Crippen molar-refractivity contribution in [3.63, 3.8) is 0 Å². The third kappa shape index (κ3) is 5.56. The highest BCUT2D eigenvalue weighted by Crippen LogP contribution is 2.30. The van der Waals surface area contributed by atoms with Gasteiger partial charge in [0.1, 0.15) is 23.3 Å². The normalized spacial score (nSPS) is 14.9. The van der Waals surface area contributed by atoms with Crippen molar-refractivity contribution in [1.29, 1.82) is 0 Å². The third-order valence-electron chi connectivity index (χ3n) is 5.75. The van der Waals surface area contributed by atoms with Crippen LogP contribution in [0.1, 0.15) is 33.6 Å². The number of fused-ring (bicyclic) bond motifs is 1. The molecule has 1 amide bonds. The first-order valence-corrected chi connectivity index (χ1v) is 11.5. The molecule has 2 aromatic carbocycles. The summed E-state index contributed by atoms with van der Waals surface area (Å²) in [7, 11) is 4.02. The van der Waals surface area contributed by atoms with E-state index in [9.17, 15) is 4.79 Å². The Labute approximate surface area is 196 Å². The zero-order valence-electron chi connectivity index (χ0n) is 20.2. The van der Waals surface area contributed by atoms with Crippen LogP contribution in [0.15, 0.2) is 54.7 Å². The summed E-state index contributed by atoms with van der Waals surface area (Å²) in [6.45, 7) is 6.97.